The van der Waals surface area contributed by atoms with E-state index in [1.807, 2.05) is 43.3 Å². The molecule has 20 heavy (non-hydrogen) atoms. The van der Waals surface area contributed by atoms with Crippen molar-refractivity contribution < 1.29 is 4.42 Å². The fourth-order valence-electron chi connectivity index (χ4n) is 2.55. The Morgan fingerprint density at radius 2 is 2.05 bits per heavy atom. The number of rotatable bonds is 0. The van der Waals surface area contributed by atoms with Gasteiger partial charge in [0.2, 0.25) is 0 Å². The third-order valence-corrected chi connectivity index (χ3v) is 4.72. The number of nitrogens with zero attached hydrogens (tertiary/aromatic N) is 1. The quantitative estimate of drug-likeness (QED) is 0.593. The molecule has 5 heteroatoms. The molecule has 0 saturated heterocycles. The highest BCUT2D eigenvalue weighted by molar-refractivity contribution is 7.14. The molecule has 2 nitrogen and oxygen atoms in total. The Hall–Kier alpha value is -1.29. The summed E-state index contributed by atoms with van der Waals surface area (Å²) in [5.74, 6) is 0. The maximum absolute atomic E-state index is 6.52. The van der Waals surface area contributed by atoms with Crippen LogP contribution in [0.4, 0.5) is 0 Å². The number of thiazole rings is 1. The number of hydrogen-bond acceptors (Lipinski definition) is 3. The second kappa shape index (κ2) is 4.10. The van der Waals surface area contributed by atoms with Crippen molar-refractivity contribution in [2.24, 2.45) is 0 Å². The molecule has 0 fully saturated rings. The van der Waals surface area contributed by atoms with Crippen LogP contribution in [0.5, 0.6) is 0 Å². The van der Waals surface area contributed by atoms with Crippen molar-refractivity contribution in [3.05, 3.63) is 49.2 Å². The van der Waals surface area contributed by atoms with Crippen molar-refractivity contribution in [3.63, 3.8) is 0 Å². The van der Waals surface area contributed by atoms with E-state index in [1.165, 1.54) is 11.3 Å². The van der Waals surface area contributed by atoms with Gasteiger partial charge in [-0.15, -0.1) is 22.9 Å². The first-order chi connectivity index (χ1) is 9.53. The van der Waals surface area contributed by atoms with Crippen LogP contribution >= 0.6 is 34.5 Å². The molecule has 2 aromatic heterocycles. The SMILES string of the molecule is CC1(Cl)C=c2nc(Cl)sc2=c2c(oc3ccccc23)=C1. The van der Waals surface area contributed by atoms with Crippen LogP contribution in [-0.4, -0.2) is 9.86 Å². The van der Waals surface area contributed by atoms with Gasteiger partial charge < -0.3 is 4.42 Å². The molecular formula is C15H9Cl2NOS. The van der Waals surface area contributed by atoms with Crippen LogP contribution in [-0.2, 0) is 0 Å². The smallest absolute Gasteiger partial charge is 0.184 e. The molecule has 0 spiro atoms. The van der Waals surface area contributed by atoms with Gasteiger partial charge in [0.05, 0.1) is 14.8 Å². The molecular weight excluding hydrogens is 313 g/mol. The van der Waals surface area contributed by atoms with Gasteiger partial charge in [-0.25, -0.2) is 4.98 Å². The number of alkyl halides is 1. The molecule has 1 aliphatic carbocycles. The number of aromatic nitrogens is 1. The van der Waals surface area contributed by atoms with E-state index in [1.54, 1.807) is 0 Å². The number of hydrogen-bond donors (Lipinski definition) is 0. The lowest BCUT2D eigenvalue weighted by atomic mass is 10.1. The average molecular weight is 322 g/mol. The van der Waals surface area contributed by atoms with E-state index >= 15 is 0 Å². The first kappa shape index (κ1) is 12.5. The lowest BCUT2D eigenvalue weighted by molar-refractivity contribution is 0.573. The first-order valence-corrected chi connectivity index (χ1v) is 7.70. The maximum atomic E-state index is 6.52. The van der Waals surface area contributed by atoms with Crippen LogP contribution in [0.15, 0.2) is 28.7 Å². The molecule has 1 aromatic carbocycles. The van der Waals surface area contributed by atoms with Gasteiger partial charge >= 0.3 is 0 Å². The van der Waals surface area contributed by atoms with Crippen LogP contribution in [0.3, 0.4) is 0 Å². The molecule has 0 radical (unpaired) electrons. The highest BCUT2D eigenvalue weighted by Crippen LogP contribution is 2.23. The minimum Gasteiger partial charge on any atom is -0.456 e. The zero-order valence-electron chi connectivity index (χ0n) is 10.5. The fraction of sp³-hybridized carbons (Fsp3) is 0.133. The monoisotopic (exact) mass is 321 g/mol. The Morgan fingerprint density at radius 3 is 2.90 bits per heavy atom. The topological polar surface area (TPSA) is 26.0 Å². The number of halogens is 2. The summed E-state index contributed by atoms with van der Waals surface area (Å²) >= 11 is 14.1. The standard InChI is InChI=1S/C15H9Cl2NOS/c1-15(17)6-9-13(20-14(16)18-9)12-8-4-2-3-5-10(8)19-11(12)7-15/h2-7H,1H3. The highest BCUT2D eigenvalue weighted by Gasteiger charge is 2.19. The molecule has 100 valence electrons. The molecule has 0 aliphatic heterocycles. The fourth-order valence-corrected chi connectivity index (χ4v) is 3.91. The van der Waals surface area contributed by atoms with Crippen LogP contribution in [0.25, 0.3) is 23.1 Å². The van der Waals surface area contributed by atoms with Crippen molar-refractivity contribution in [2.45, 2.75) is 11.8 Å². The van der Waals surface area contributed by atoms with Gasteiger partial charge in [0, 0.05) is 10.6 Å². The summed E-state index contributed by atoms with van der Waals surface area (Å²) in [6, 6.07) is 7.95. The van der Waals surface area contributed by atoms with Gasteiger partial charge in [-0.05, 0) is 25.1 Å². The van der Waals surface area contributed by atoms with E-state index in [9.17, 15) is 0 Å². The third kappa shape index (κ3) is 1.81. The molecule has 1 aliphatic rings. The molecule has 1 atom stereocenters. The normalized spacial score (nSPS) is 20.8. The lowest BCUT2D eigenvalue weighted by Crippen LogP contribution is -2.15. The highest BCUT2D eigenvalue weighted by atomic mass is 35.5. The summed E-state index contributed by atoms with van der Waals surface area (Å²) in [6.07, 6.45) is 3.84. The van der Waals surface area contributed by atoms with Crippen molar-refractivity contribution in [3.8, 4) is 0 Å². The Kier molecular flexibility index (Phi) is 2.56. The second-order valence-corrected chi connectivity index (χ2v) is 7.35. The van der Waals surface area contributed by atoms with E-state index in [0.717, 1.165) is 31.5 Å². The van der Waals surface area contributed by atoms with Gasteiger partial charge in [0.25, 0.3) is 0 Å². The number of benzene rings is 1. The van der Waals surface area contributed by atoms with Crippen LogP contribution in [0, 0.1) is 9.75 Å². The van der Waals surface area contributed by atoms with Crippen LogP contribution < -0.4 is 10.8 Å². The maximum Gasteiger partial charge on any atom is 0.184 e. The second-order valence-electron chi connectivity index (χ2n) is 4.96. The van der Waals surface area contributed by atoms with Crippen molar-refractivity contribution in [1.29, 1.82) is 0 Å². The molecule has 2 heterocycles. The molecule has 0 saturated carbocycles. The molecule has 0 amide bonds. The average Bonchev–Trinajstić information content (AvgIpc) is 2.85. The minimum atomic E-state index is -0.648. The largest absolute Gasteiger partial charge is 0.456 e. The van der Waals surface area contributed by atoms with Crippen LogP contribution in [0.1, 0.15) is 6.92 Å². The van der Waals surface area contributed by atoms with Gasteiger partial charge in [-0.3, -0.25) is 0 Å². The van der Waals surface area contributed by atoms with Gasteiger partial charge in [-0.1, -0.05) is 29.8 Å². The molecule has 0 bridgehead atoms. The summed E-state index contributed by atoms with van der Waals surface area (Å²) in [7, 11) is 0. The third-order valence-electron chi connectivity index (χ3n) is 3.31. The first-order valence-electron chi connectivity index (χ1n) is 6.12. The van der Waals surface area contributed by atoms with Gasteiger partial charge in [0.15, 0.2) is 4.47 Å². The number of fused-ring (bicyclic) bond motifs is 4. The van der Waals surface area contributed by atoms with E-state index in [4.69, 9.17) is 27.6 Å². The number of para-hydroxylation sites is 1. The van der Waals surface area contributed by atoms with E-state index in [-0.39, 0.29) is 0 Å². The van der Waals surface area contributed by atoms with Gasteiger partial charge in [0.1, 0.15) is 11.0 Å². The predicted octanol–water partition coefficient (Wildman–Crippen LogP) is 3.40. The van der Waals surface area contributed by atoms with Crippen molar-refractivity contribution in [1.82, 2.24) is 4.98 Å². The molecule has 4 rings (SSSR count). The Bertz CT molecular complexity index is 1050. The molecule has 1 unspecified atom stereocenters. The summed E-state index contributed by atoms with van der Waals surface area (Å²) in [5.41, 5.74) is 1.62. The Labute approximate surface area is 128 Å². The Balaban J connectivity index is 2.45. The lowest BCUT2D eigenvalue weighted by Gasteiger charge is -2.08. The number of furan rings is 1. The molecule has 3 aromatic rings. The summed E-state index contributed by atoms with van der Waals surface area (Å²) in [4.78, 5) is 3.73. The Morgan fingerprint density at radius 1 is 1.25 bits per heavy atom. The van der Waals surface area contributed by atoms with Gasteiger partial charge in [-0.2, -0.15) is 0 Å². The van der Waals surface area contributed by atoms with E-state index in [0.29, 0.717) is 4.47 Å². The zero-order valence-corrected chi connectivity index (χ0v) is 12.8. The van der Waals surface area contributed by atoms with Crippen molar-refractivity contribution in [2.75, 3.05) is 0 Å². The summed E-state index contributed by atoms with van der Waals surface area (Å²) in [6.45, 7) is 1.91. The zero-order chi connectivity index (χ0) is 13.9. The van der Waals surface area contributed by atoms with E-state index in [2.05, 4.69) is 4.98 Å². The minimum absolute atomic E-state index is 0.511. The predicted molar refractivity (Wildman–Crippen MR) is 83.4 cm³/mol. The summed E-state index contributed by atoms with van der Waals surface area (Å²) in [5, 5.41) is 2.91. The molecule has 0 N–H and O–H groups in total. The van der Waals surface area contributed by atoms with Crippen molar-refractivity contribution >= 4 is 57.7 Å². The van der Waals surface area contributed by atoms with E-state index < -0.39 is 4.87 Å². The van der Waals surface area contributed by atoms with Crippen LogP contribution in [0.2, 0.25) is 4.47 Å². The summed E-state index contributed by atoms with van der Waals surface area (Å²) < 4.78 is 7.47.